The third-order valence-corrected chi connectivity index (χ3v) is 3.89. The van der Waals surface area contributed by atoms with Crippen molar-refractivity contribution < 1.29 is 14.3 Å². The van der Waals surface area contributed by atoms with Crippen LogP contribution >= 0.6 is 0 Å². The maximum absolute atomic E-state index is 11.5. The average Bonchev–Trinajstić information content (AvgIpc) is 2.49. The molecule has 0 saturated heterocycles. The summed E-state index contributed by atoms with van der Waals surface area (Å²) in [6, 6.07) is 7.20. The molecule has 1 fully saturated rings. The van der Waals surface area contributed by atoms with Crippen molar-refractivity contribution >= 4 is 5.97 Å². The van der Waals surface area contributed by atoms with Gasteiger partial charge in [0.15, 0.2) is 0 Å². The van der Waals surface area contributed by atoms with Crippen LogP contribution in [0.5, 0.6) is 5.75 Å². The van der Waals surface area contributed by atoms with Crippen molar-refractivity contribution in [2.45, 2.75) is 45.4 Å². The van der Waals surface area contributed by atoms with Gasteiger partial charge in [-0.25, -0.2) is 4.79 Å². The van der Waals surface area contributed by atoms with E-state index in [9.17, 15) is 4.79 Å². The third-order valence-electron chi connectivity index (χ3n) is 3.89. The van der Waals surface area contributed by atoms with E-state index < -0.39 is 0 Å². The first kappa shape index (κ1) is 14.9. The van der Waals surface area contributed by atoms with Crippen molar-refractivity contribution in [1.29, 1.82) is 0 Å². The van der Waals surface area contributed by atoms with Crippen LogP contribution in [-0.4, -0.2) is 19.2 Å². The highest BCUT2D eigenvalue weighted by Gasteiger charge is 2.13. The molecular weight excluding hydrogens is 252 g/mol. The van der Waals surface area contributed by atoms with Gasteiger partial charge in [-0.1, -0.05) is 32.1 Å². The minimum Gasteiger partial charge on any atom is -0.494 e. The van der Waals surface area contributed by atoms with Gasteiger partial charge in [0.1, 0.15) is 5.75 Å². The molecule has 0 unspecified atom stereocenters. The van der Waals surface area contributed by atoms with Crippen LogP contribution in [0.4, 0.5) is 0 Å². The van der Waals surface area contributed by atoms with E-state index in [0.29, 0.717) is 12.2 Å². The predicted molar refractivity (Wildman–Crippen MR) is 79.1 cm³/mol. The van der Waals surface area contributed by atoms with Crippen LogP contribution in [0, 0.1) is 5.92 Å². The summed E-state index contributed by atoms with van der Waals surface area (Å²) in [6.45, 7) is 2.97. The van der Waals surface area contributed by atoms with Crippen LogP contribution in [0.1, 0.15) is 55.8 Å². The van der Waals surface area contributed by atoms with E-state index in [1.165, 1.54) is 32.1 Å². The second-order valence-corrected chi connectivity index (χ2v) is 5.39. The molecule has 3 heteroatoms. The molecule has 0 spiro atoms. The molecular formula is C17H24O3. The maximum Gasteiger partial charge on any atom is 0.338 e. The number of benzene rings is 1. The van der Waals surface area contributed by atoms with E-state index in [-0.39, 0.29) is 5.97 Å². The van der Waals surface area contributed by atoms with E-state index in [0.717, 1.165) is 24.7 Å². The molecule has 1 aliphatic carbocycles. The summed E-state index contributed by atoms with van der Waals surface area (Å²) in [5.41, 5.74) is 0.575. The first-order valence-corrected chi connectivity index (χ1v) is 7.69. The minimum atomic E-state index is -0.277. The van der Waals surface area contributed by atoms with Crippen molar-refractivity contribution in [3.05, 3.63) is 29.8 Å². The number of carbonyl (C=O) groups excluding carboxylic acids is 1. The quantitative estimate of drug-likeness (QED) is 0.730. The minimum absolute atomic E-state index is 0.277. The van der Waals surface area contributed by atoms with Crippen molar-refractivity contribution in [2.75, 3.05) is 13.2 Å². The highest BCUT2D eigenvalue weighted by molar-refractivity contribution is 5.89. The molecule has 110 valence electrons. The number of carbonyl (C=O) groups is 1. The smallest absolute Gasteiger partial charge is 0.338 e. The molecule has 0 amide bonds. The molecule has 1 aromatic rings. The summed E-state index contributed by atoms with van der Waals surface area (Å²) < 4.78 is 10.7. The molecule has 0 atom stereocenters. The normalized spacial score (nSPS) is 15.8. The van der Waals surface area contributed by atoms with Crippen LogP contribution in [0.3, 0.4) is 0 Å². The van der Waals surface area contributed by atoms with Crippen LogP contribution in [-0.2, 0) is 4.74 Å². The maximum atomic E-state index is 11.5. The fraction of sp³-hybridized carbons (Fsp3) is 0.588. The average molecular weight is 276 g/mol. The zero-order valence-electron chi connectivity index (χ0n) is 12.3. The van der Waals surface area contributed by atoms with Gasteiger partial charge in [0, 0.05) is 0 Å². The van der Waals surface area contributed by atoms with Gasteiger partial charge < -0.3 is 9.47 Å². The van der Waals surface area contributed by atoms with Gasteiger partial charge in [-0.3, -0.25) is 0 Å². The van der Waals surface area contributed by atoms with E-state index in [4.69, 9.17) is 9.47 Å². The summed E-state index contributed by atoms with van der Waals surface area (Å²) in [5.74, 6) is 1.39. The van der Waals surface area contributed by atoms with Crippen molar-refractivity contribution in [3.63, 3.8) is 0 Å². The predicted octanol–water partition coefficient (Wildman–Crippen LogP) is 4.21. The number of hydrogen-bond acceptors (Lipinski definition) is 3. The van der Waals surface area contributed by atoms with Gasteiger partial charge in [0.25, 0.3) is 0 Å². The Morgan fingerprint density at radius 1 is 1.15 bits per heavy atom. The number of hydrogen-bond donors (Lipinski definition) is 0. The molecule has 3 nitrogen and oxygen atoms in total. The van der Waals surface area contributed by atoms with Crippen LogP contribution < -0.4 is 4.74 Å². The zero-order chi connectivity index (χ0) is 14.2. The molecule has 0 bridgehead atoms. The van der Waals surface area contributed by atoms with Gasteiger partial charge in [0.05, 0.1) is 18.8 Å². The largest absolute Gasteiger partial charge is 0.494 e. The lowest BCUT2D eigenvalue weighted by molar-refractivity contribution is 0.0526. The van der Waals surface area contributed by atoms with E-state index in [1.807, 2.05) is 12.1 Å². The second kappa shape index (κ2) is 7.93. The zero-order valence-corrected chi connectivity index (χ0v) is 12.3. The molecule has 0 heterocycles. The molecule has 2 rings (SSSR count). The lowest BCUT2D eigenvalue weighted by Crippen LogP contribution is -2.10. The molecule has 0 N–H and O–H groups in total. The fourth-order valence-corrected chi connectivity index (χ4v) is 2.72. The van der Waals surface area contributed by atoms with E-state index >= 15 is 0 Å². The molecule has 1 saturated carbocycles. The molecule has 0 aromatic heterocycles. The second-order valence-electron chi connectivity index (χ2n) is 5.39. The monoisotopic (exact) mass is 276 g/mol. The van der Waals surface area contributed by atoms with E-state index in [2.05, 4.69) is 0 Å². The Balaban J connectivity index is 1.74. The van der Waals surface area contributed by atoms with E-state index in [1.54, 1.807) is 19.1 Å². The topological polar surface area (TPSA) is 35.5 Å². The summed E-state index contributed by atoms with van der Waals surface area (Å²) >= 11 is 0. The number of ether oxygens (including phenoxy) is 2. The third kappa shape index (κ3) is 4.55. The van der Waals surface area contributed by atoms with Gasteiger partial charge in [-0.15, -0.1) is 0 Å². The summed E-state index contributed by atoms with van der Waals surface area (Å²) in [7, 11) is 0. The number of rotatable bonds is 6. The molecule has 0 aliphatic heterocycles. The summed E-state index contributed by atoms with van der Waals surface area (Å²) in [5, 5.41) is 0. The Kier molecular flexibility index (Phi) is 5.90. The Hall–Kier alpha value is -1.51. The molecule has 1 aliphatic rings. The van der Waals surface area contributed by atoms with Gasteiger partial charge in [-0.2, -0.15) is 0 Å². The van der Waals surface area contributed by atoms with Gasteiger partial charge >= 0.3 is 5.97 Å². The van der Waals surface area contributed by atoms with Crippen molar-refractivity contribution in [1.82, 2.24) is 0 Å². The standard InChI is InChI=1S/C17H24O3/c1-2-19-17(18)15-8-10-16(11-9-15)20-13-12-14-6-4-3-5-7-14/h8-11,14H,2-7,12-13H2,1H3. The fourth-order valence-electron chi connectivity index (χ4n) is 2.72. The Labute approximate surface area is 121 Å². The molecule has 20 heavy (non-hydrogen) atoms. The molecule has 0 radical (unpaired) electrons. The van der Waals surface area contributed by atoms with Crippen molar-refractivity contribution in [2.24, 2.45) is 5.92 Å². The first-order valence-electron chi connectivity index (χ1n) is 7.69. The SMILES string of the molecule is CCOC(=O)c1ccc(OCCC2CCCCC2)cc1. The Morgan fingerprint density at radius 2 is 1.85 bits per heavy atom. The lowest BCUT2D eigenvalue weighted by Gasteiger charge is -2.21. The lowest BCUT2D eigenvalue weighted by atomic mass is 9.87. The Bertz CT molecular complexity index is 405. The van der Waals surface area contributed by atoms with Crippen LogP contribution in [0.25, 0.3) is 0 Å². The first-order chi connectivity index (χ1) is 9.79. The highest BCUT2D eigenvalue weighted by Crippen LogP contribution is 2.26. The molecule has 1 aromatic carbocycles. The van der Waals surface area contributed by atoms with Gasteiger partial charge in [-0.05, 0) is 43.5 Å². The van der Waals surface area contributed by atoms with Crippen LogP contribution in [0.2, 0.25) is 0 Å². The number of esters is 1. The van der Waals surface area contributed by atoms with Crippen molar-refractivity contribution in [3.8, 4) is 5.75 Å². The van der Waals surface area contributed by atoms with Gasteiger partial charge in [0.2, 0.25) is 0 Å². The summed E-state index contributed by atoms with van der Waals surface area (Å²) in [6.07, 6.45) is 7.99. The Morgan fingerprint density at radius 3 is 2.50 bits per heavy atom. The highest BCUT2D eigenvalue weighted by atomic mass is 16.5. The summed E-state index contributed by atoms with van der Waals surface area (Å²) in [4.78, 5) is 11.5. The van der Waals surface area contributed by atoms with Crippen LogP contribution in [0.15, 0.2) is 24.3 Å².